The Balaban J connectivity index is 2.39. The van der Waals surface area contributed by atoms with Crippen LogP contribution in [0.15, 0.2) is 0 Å². The van der Waals surface area contributed by atoms with Crippen molar-refractivity contribution in [2.24, 2.45) is 17.8 Å². The van der Waals surface area contributed by atoms with Gasteiger partial charge in [0.05, 0.1) is 5.75 Å². The van der Waals surface area contributed by atoms with Crippen LogP contribution in [0.2, 0.25) is 0 Å². The summed E-state index contributed by atoms with van der Waals surface area (Å²) in [5.41, 5.74) is 0. The van der Waals surface area contributed by atoms with E-state index in [9.17, 15) is 8.42 Å². The summed E-state index contributed by atoms with van der Waals surface area (Å²) in [6.07, 6.45) is 5.93. The van der Waals surface area contributed by atoms with Crippen LogP contribution in [0.1, 0.15) is 52.9 Å². The molecule has 3 nitrogen and oxygen atoms in total. The van der Waals surface area contributed by atoms with Gasteiger partial charge in [0.25, 0.3) is 0 Å². The van der Waals surface area contributed by atoms with Crippen LogP contribution in [0.25, 0.3) is 0 Å². The highest BCUT2D eigenvalue weighted by Crippen LogP contribution is 2.32. The molecule has 0 saturated heterocycles. The quantitative estimate of drug-likeness (QED) is 0.747. The molecule has 1 fully saturated rings. The Kier molecular flexibility index (Phi) is 7.37. The van der Waals surface area contributed by atoms with Gasteiger partial charge in [-0.05, 0) is 43.7 Å². The number of nitrogens with one attached hydrogen (secondary N) is 1. The molecule has 0 aliphatic heterocycles. The van der Waals surface area contributed by atoms with Crippen molar-refractivity contribution in [2.45, 2.75) is 52.9 Å². The fourth-order valence-corrected chi connectivity index (χ4v) is 3.92. The Hall–Kier alpha value is -0.0900. The lowest BCUT2D eigenvalue weighted by atomic mass is 9.78. The largest absolute Gasteiger partial charge is 0.316 e. The SMILES string of the molecule is CCS(=O)(=O)CCC1CCCCC1CNCC(C)C. The lowest BCUT2D eigenvalue weighted by Gasteiger charge is -2.32. The van der Waals surface area contributed by atoms with E-state index in [4.69, 9.17) is 0 Å². The monoisotopic (exact) mass is 289 g/mol. The summed E-state index contributed by atoms with van der Waals surface area (Å²) in [6.45, 7) is 8.32. The van der Waals surface area contributed by atoms with Crippen molar-refractivity contribution < 1.29 is 8.42 Å². The third kappa shape index (κ3) is 6.75. The van der Waals surface area contributed by atoms with E-state index in [2.05, 4.69) is 19.2 Å². The highest BCUT2D eigenvalue weighted by molar-refractivity contribution is 7.91. The van der Waals surface area contributed by atoms with Crippen molar-refractivity contribution in [3.05, 3.63) is 0 Å². The average Bonchev–Trinajstić information content (AvgIpc) is 2.37. The van der Waals surface area contributed by atoms with Crippen molar-refractivity contribution in [3.63, 3.8) is 0 Å². The highest BCUT2D eigenvalue weighted by atomic mass is 32.2. The zero-order valence-corrected chi connectivity index (χ0v) is 13.6. The van der Waals surface area contributed by atoms with Gasteiger partial charge >= 0.3 is 0 Å². The van der Waals surface area contributed by atoms with Crippen molar-refractivity contribution in [2.75, 3.05) is 24.6 Å². The van der Waals surface area contributed by atoms with Crippen LogP contribution in [0.3, 0.4) is 0 Å². The molecule has 19 heavy (non-hydrogen) atoms. The zero-order chi connectivity index (χ0) is 14.3. The number of rotatable bonds is 8. The summed E-state index contributed by atoms with van der Waals surface area (Å²) in [6, 6.07) is 0. The lowest BCUT2D eigenvalue weighted by molar-refractivity contribution is 0.222. The van der Waals surface area contributed by atoms with Crippen LogP contribution >= 0.6 is 0 Å². The molecule has 0 aromatic rings. The number of hydrogen-bond donors (Lipinski definition) is 1. The average molecular weight is 289 g/mol. The van der Waals surface area contributed by atoms with Gasteiger partial charge in [-0.3, -0.25) is 0 Å². The maximum Gasteiger partial charge on any atom is 0.150 e. The van der Waals surface area contributed by atoms with E-state index in [1.807, 2.05) is 0 Å². The van der Waals surface area contributed by atoms with E-state index in [1.54, 1.807) is 6.92 Å². The molecular weight excluding hydrogens is 258 g/mol. The molecule has 1 N–H and O–H groups in total. The summed E-state index contributed by atoms with van der Waals surface area (Å²) in [5.74, 6) is 2.64. The fourth-order valence-electron chi connectivity index (χ4n) is 2.97. The number of hydrogen-bond acceptors (Lipinski definition) is 3. The predicted octanol–water partition coefficient (Wildman–Crippen LogP) is 2.86. The van der Waals surface area contributed by atoms with Crippen molar-refractivity contribution in [1.82, 2.24) is 5.32 Å². The summed E-state index contributed by atoms with van der Waals surface area (Å²) in [4.78, 5) is 0. The predicted molar refractivity (Wildman–Crippen MR) is 82.1 cm³/mol. The van der Waals surface area contributed by atoms with Crippen LogP contribution in [0.5, 0.6) is 0 Å². The van der Waals surface area contributed by atoms with Gasteiger partial charge < -0.3 is 5.32 Å². The minimum absolute atomic E-state index is 0.288. The van der Waals surface area contributed by atoms with Crippen LogP contribution in [0, 0.1) is 17.8 Å². The van der Waals surface area contributed by atoms with Gasteiger partial charge in [-0.15, -0.1) is 0 Å². The van der Waals surface area contributed by atoms with Gasteiger partial charge in [-0.25, -0.2) is 8.42 Å². The summed E-state index contributed by atoms with van der Waals surface area (Å²) < 4.78 is 23.3. The first-order valence-electron chi connectivity index (χ1n) is 7.85. The van der Waals surface area contributed by atoms with Crippen LogP contribution in [-0.2, 0) is 9.84 Å². The van der Waals surface area contributed by atoms with Crippen LogP contribution in [-0.4, -0.2) is 33.0 Å². The molecule has 1 aliphatic carbocycles. The summed E-state index contributed by atoms with van der Waals surface area (Å²) >= 11 is 0. The molecule has 0 aromatic carbocycles. The second-order valence-electron chi connectivity index (χ2n) is 6.38. The normalized spacial score (nSPS) is 24.8. The molecule has 114 valence electrons. The summed E-state index contributed by atoms with van der Waals surface area (Å²) in [7, 11) is -2.80. The molecule has 1 aliphatic rings. The van der Waals surface area contributed by atoms with E-state index in [0.29, 0.717) is 23.5 Å². The van der Waals surface area contributed by atoms with Gasteiger partial charge in [0.1, 0.15) is 9.84 Å². The van der Waals surface area contributed by atoms with Crippen LogP contribution in [0.4, 0.5) is 0 Å². The molecule has 1 rings (SSSR count). The Morgan fingerprint density at radius 1 is 1.16 bits per heavy atom. The first kappa shape index (κ1) is 17.0. The topological polar surface area (TPSA) is 46.2 Å². The van der Waals surface area contributed by atoms with Gasteiger partial charge in [0.2, 0.25) is 0 Å². The van der Waals surface area contributed by atoms with E-state index in [1.165, 1.54) is 25.7 Å². The molecular formula is C15H31NO2S. The van der Waals surface area contributed by atoms with Crippen molar-refractivity contribution in [3.8, 4) is 0 Å². The Morgan fingerprint density at radius 2 is 1.79 bits per heavy atom. The second-order valence-corrected chi connectivity index (χ2v) is 8.85. The van der Waals surface area contributed by atoms with Crippen LogP contribution < -0.4 is 5.32 Å². The highest BCUT2D eigenvalue weighted by Gasteiger charge is 2.25. The van der Waals surface area contributed by atoms with Gasteiger partial charge in [0.15, 0.2) is 0 Å². The minimum atomic E-state index is -2.80. The third-order valence-corrected chi connectivity index (χ3v) is 6.00. The van der Waals surface area contributed by atoms with E-state index >= 15 is 0 Å². The second kappa shape index (κ2) is 8.25. The molecule has 2 atom stereocenters. The molecule has 0 amide bonds. The third-order valence-electron chi connectivity index (χ3n) is 4.27. The Bertz CT molecular complexity index is 338. The zero-order valence-electron chi connectivity index (χ0n) is 12.8. The van der Waals surface area contributed by atoms with Gasteiger partial charge in [-0.2, -0.15) is 0 Å². The minimum Gasteiger partial charge on any atom is -0.316 e. The van der Waals surface area contributed by atoms with E-state index in [0.717, 1.165) is 19.5 Å². The maximum absolute atomic E-state index is 11.6. The van der Waals surface area contributed by atoms with E-state index in [-0.39, 0.29) is 5.75 Å². The Labute approximate surface area is 119 Å². The molecule has 0 heterocycles. The fraction of sp³-hybridized carbons (Fsp3) is 1.00. The smallest absolute Gasteiger partial charge is 0.150 e. The molecule has 4 heteroatoms. The molecule has 0 bridgehead atoms. The molecule has 0 radical (unpaired) electrons. The first-order chi connectivity index (χ1) is 8.94. The van der Waals surface area contributed by atoms with Gasteiger partial charge in [0, 0.05) is 5.75 Å². The summed E-state index contributed by atoms with van der Waals surface area (Å²) in [5, 5.41) is 3.55. The lowest BCUT2D eigenvalue weighted by Crippen LogP contribution is -2.33. The molecule has 2 unspecified atom stereocenters. The van der Waals surface area contributed by atoms with Gasteiger partial charge in [-0.1, -0.05) is 40.0 Å². The molecule has 0 aromatic heterocycles. The Morgan fingerprint density at radius 3 is 2.37 bits per heavy atom. The first-order valence-corrected chi connectivity index (χ1v) is 9.68. The van der Waals surface area contributed by atoms with Crippen molar-refractivity contribution >= 4 is 9.84 Å². The van der Waals surface area contributed by atoms with Crippen molar-refractivity contribution in [1.29, 1.82) is 0 Å². The maximum atomic E-state index is 11.6. The van der Waals surface area contributed by atoms with E-state index < -0.39 is 9.84 Å². The molecule has 0 spiro atoms. The molecule has 1 saturated carbocycles. The standard InChI is InChI=1S/C15H31NO2S/c1-4-19(17,18)10-9-14-7-5-6-8-15(14)12-16-11-13(2)3/h13-16H,4-12H2,1-3H3. The number of sulfone groups is 1.